The summed E-state index contributed by atoms with van der Waals surface area (Å²) in [6, 6.07) is 10.1. The summed E-state index contributed by atoms with van der Waals surface area (Å²) in [7, 11) is 0. The number of rotatable bonds is 8. The van der Waals surface area contributed by atoms with Crippen molar-refractivity contribution >= 4 is 0 Å². The van der Waals surface area contributed by atoms with Gasteiger partial charge in [-0.3, -0.25) is 0 Å². The Hall–Kier alpha value is -0.860. The average molecular weight is 222 g/mol. The molecule has 0 saturated heterocycles. The minimum absolute atomic E-state index is 0.396. The number of hydrogen-bond donors (Lipinski definition) is 0. The van der Waals surface area contributed by atoms with E-state index < -0.39 is 0 Å². The first-order chi connectivity index (χ1) is 7.79. The van der Waals surface area contributed by atoms with Gasteiger partial charge in [-0.05, 0) is 24.3 Å². The second-order valence-electron chi connectivity index (χ2n) is 4.40. The summed E-state index contributed by atoms with van der Waals surface area (Å²) in [6.45, 7) is 6.28. The van der Waals surface area contributed by atoms with Gasteiger partial charge in [0.05, 0.1) is 6.61 Å². The normalized spacial score (nSPS) is 10.9. The topological polar surface area (TPSA) is 18.5 Å². The van der Waals surface area contributed by atoms with Crippen LogP contribution in [0.5, 0.6) is 0 Å². The maximum atomic E-state index is 5.40. The van der Waals surface area contributed by atoms with Crippen LogP contribution in [0.15, 0.2) is 30.3 Å². The molecule has 1 aromatic carbocycles. The number of ether oxygens (including phenoxy) is 2. The molecular weight excluding hydrogens is 200 g/mol. The van der Waals surface area contributed by atoms with E-state index in [-0.39, 0.29) is 0 Å². The maximum Gasteiger partial charge on any atom is 0.147 e. The maximum absolute atomic E-state index is 5.40. The van der Waals surface area contributed by atoms with E-state index in [1.807, 2.05) is 18.2 Å². The first kappa shape index (κ1) is 13.2. The van der Waals surface area contributed by atoms with Crippen molar-refractivity contribution in [1.82, 2.24) is 0 Å². The van der Waals surface area contributed by atoms with Gasteiger partial charge in [0.1, 0.15) is 6.79 Å². The van der Waals surface area contributed by atoms with E-state index in [0.29, 0.717) is 13.4 Å². The van der Waals surface area contributed by atoms with Gasteiger partial charge in [0, 0.05) is 6.61 Å². The van der Waals surface area contributed by atoms with Crippen LogP contribution >= 0.6 is 0 Å². The van der Waals surface area contributed by atoms with Crippen molar-refractivity contribution in [2.24, 2.45) is 5.92 Å². The number of benzene rings is 1. The molecule has 0 heterocycles. The lowest BCUT2D eigenvalue weighted by Gasteiger charge is -2.07. The monoisotopic (exact) mass is 222 g/mol. The highest BCUT2D eigenvalue weighted by Gasteiger charge is 1.95. The summed E-state index contributed by atoms with van der Waals surface area (Å²) in [5.41, 5.74) is 1.19. The van der Waals surface area contributed by atoms with Crippen molar-refractivity contribution in [2.75, 3.05) is 13.4 Å². The van der Waals surface area contributed by atoms with Crippen molar-refractivity contribution in [1.29, 1.82) is 0 Å². The van der Waals surface area contributed by atoms with Crippen LogP contribution < -0.4 is 0 Å². The largest absolute Gasteiger partial charge is 0.355 e. The average Bonchev–Trinajstić information content (AvgIpc) is 2.29. The van der Waals surface area contributed by atoms with E-state index in [4.69, 9.17) is 9.47 Å². The Labute approximate surface area is 98.6 Å². The van der Waals surface area contributed by atoms with E-state index in [1.165, 1.54) is 12.0 Å². The Morgan fingerprint density at radius 1 is 1.06 bits per heavy atom. The van der Waals surface area contributed by atoms with Gasteiger partial charge in [0.15, 0.2) is 0 Å². The molecule has 16 heavy (non-hydrogen) atoms. The summed E-state index contributed by atoms with van der Waals surface area (Å²) in [5.74, 6) is 0.758. The molecule has 1 aromatic rings. The zero-order chi connectivity index (χ0) is 11.6. The molecule has 0 N–H and O–H groups in total. The molecule has 0 atom stereocenters. The molecule has 0 fully saturated rings. The SMILES string of the molecule is CC(C)CCCOCOCc1ccccc1. The molecule has 0 spiro atoms. The third-order valence-corrected chi connectivity index (χ3v) is 2.35. The van der Waals surface area contributed by atoms with Crippen LogP contribution in [0, 0.1) is 5.92 Å². The summed E-state index contributed by atoms with van der Waals surface area (Å²) < 4.78 is 10.8. The Bertz CT molecular complexity index is 257. The van der Waals surface area contributed by atoms with Gasteiger partial charge in [-0.25, -0.2) is 0 Å². The van der Waals surface area contributed by atoms with Crippen LogP contribution in [0.1, 0.15) is 32.3 Å². The summed E-state index contributed by atoms with van der Waals surface area (Å²) in [6.07, 6.45) is 2.34. The van der Waals surface area contributed by atoms with Gasteiger partial charge in [-0.15, -0.1) is 0 Å². The van der Waals surface area contributed by atoms with Crippen molar-refractivity contribution in [3.63, 3.8) is 0 Å². The number of hydrogen-bond acceptors (Lipinski definition) is 2. The van der Waals surface area contributed by atoms with Gasteiger partial charge in [0.2, 0.25) is 0 Å². The lowest BCUT2D eigenvalue weighted by atomic mass is 10.1. The predicted octanol–water partition coefficient (Wildman–Crippen LogP) is 3.61. The van der Waals surface area contributed by atoms with Crippen LogP contribution in [-0.4, -0.2) is 13.4 Å². The Balaban J connectivity index is 1.93. The Morgan fingerprint density at radius 2 is 1.81 bits per heavy atom. The molecule has 0 radical (unpaired) electrons. The summed E-state index contributed by atoms with van der Waals surface area (Å²) in [5, 5.41) is 0. The third kappa shape index (κ3) is 6.59. The lowest BCUT2D eigenvalue weighted by molar-refractivity contribution is -0.0626. The first-order valence-corrected chi connectivity index (χ1v) is 5.98. The van der Waals surface area contributed by atoms with Crippen molar-refractivity contribution in [2.45, 2.75) is 33.3 Å². The molecule has 1 rings (SSSR count). The molecule has 90 valence electrons. The highest BCUT2D eigenvalue weighted by atomic mass is 16.7. The minimum atomic E-state index is 0.396. The van der Waals surface area contributed by atoms with Gasteiger partial charge in [0.25, 0.3) is 0 Å². The van der Waals surface area contributed by atoms with E-state index in [1.54, 1.807) is 0 Å². The molecular formula is C14H22O2. The molecule has 0 aliphatic heterocycles. The van der Waals surface area contributed by atoms with Crippen LogP contribution in [0.4, 0.5) is 0 Å². The Kier molecular flexibility index (Phi) is 6.86. The van der Waals surface area contributed by atoms with Crippen molar-refractivity contribution in [3.05, 3.63) is 35.9 Å². The molecule has 0 aliphatic carbocycles. The highest BCUT2D eigenvalue weighted by Crippen LogP contribution is 2.04. The van der Waals surface area contributed by atoms with E-state index in [2.05, 4.69) is 26.0 Å². The molecule has 0 bridgehead atoms. The van der Waals surface area contributed by atoms with Crippen LogP contribution in [0.3, 0.4) is 0 Å². The van der Waals surface area contributed by atoms with E-state index >= 15 is 0 Å². The zero-order valence-electron chi connectivity index (χ0n) is 10.3. The molecule has 0 saturated carbocycles. The summed E-state index contributed by atoms with van der Waals surface area (Å²) in [4.78, 5) is 0. The smallest absolute Gasteiger partial charge is 0.147 e. The molecule has 2 nitrogen and oxygen atoms in total. The predicted molar refractivity (Wildman–Crippen MR) is 66.1 cm³/mol. The van der Waals surface area contributed by atoms with Crippen LogP contribution in [0.25, 0.3) is 0 Å². The van der Waals surface area contributed by atoms with Crippen molar-refractivity contribution < 1.29 is 9.47 Å². The summed E-state index contributed by atoms with van der Waals surface area (Å²) >= 11 is 0. The zero-order valence-corrected chi connectivity index (χ0v) is 10.3. The van der Waals surface area contributed by atoms with Crippen LogP contribution in [0.2, 0.25) is 0 Å². The molecule has 0 aromatic heterocycles. The van der Waals surface area contributed by atoms with Gasteiger partial charge >= 0.3 is 0 Å². The molecule has 0 unspecified atom stereocenters. The van der Waals surface area contributed by atoms with Gasteiger partial charge in [-0.1, -0.05) is 44.2 Å². The third-order valence-electron chi connectivity index (χ3n) is 2.35. The molecule has 0 amide bonds. The molecule has 0 aliphatic rings. The lowest BCUT2D eigenvalue weighted by Crippen LogP contribution is -2.02. The van der Waals surface area contributed by atoms with Gasteiger partial charge in [-0.2, -0.15) is 0 Å². The minimum Gasteiger partial charge on any atom is -0.355 e. The second-order valence-corrected chi connectivity index (χ2v) is 4.40. The second kappa shape index (κ2) is 8.31. The fraction of sp³-hybridized carbons (Fsp3) is 0.571. The van der Waals surface area contributed by atoms with E-state index in [0.717, 1.165) is 18.9 Å². The fourth-order valence-corrected chi connectivity index (χ4v) is 1.45. The Morgan fingerprint density at radius 3 is 2.50 bits per heavy atom. The quantitative estimate of drug-likeness (QED) is 0.494. The standard InChI is InChI=1S/C14H22O2/c1-13(2)7-6-10-15-12-16-11-14-8-4-3-5-9-14/h3-5,8-9,13H,6-7,10-12H2,1-2H3. The molecule has 2 heteroatoms. The first-order valence-electron chi connectivity index (χ1n) is 5.98. The van der Waals surface area contributed by atoms with Crippen LogP contribution in [-0.2, 0) is 16.1 Å². The fourth-order valence-electron chi connectivity index (χ4n) is 1.45. The van der Waals surface area contributed by atoms with Gasteiger partial charge < -0.3 is 9.47 Å². The van der Waals surface area contributed by atoms with Crippen molar-refractivity contribution in [3.8, 4) is 0 Å². The van der Waals surface area contributed by atoms with E-state index in [9.17, 15) is 0 Å². The highest BCUT2D eigenvalue weighted by molar-refractivity contribution is 5.13.